The van der Waals surface area contributed by atoms with Crippen molar-refractivity contribution in [2.24, 2.45) is 0 Å². The van der Waals surface area contributed by atoms with Crippen LogP contribution in [0.25, 0.3) is 0 Å². The molecular formula is C37H73N2+. The Hall–Kier alpha value is -0.790. The third kappa shape index (κ3) is 21.6. The predicted molar refractivity (Wildman–Crippen MR) is 175 cm³/mol. The van der Waals surface area contributed by atoms with Crippen molar-refractivity contribution < 1.29 is 4.57 Å². The smallest absolute Gasteiger partial charge is 0.234 e. The van der Waals surface area contributed by atoms with E-state index in [-0.39, 0.29) is 0 Å². The number of hydrogen-bond acceptors (Lipinski definition) is 0. The molecule has 0 saturated heterocycles. The third-order valence-corrected chi connectivity index (χ3v) is 8.81. The number of rotatable bonds is 31. The van der Waals surface area contributed by atoms with E-state index in [4.69, 9.17) is 0 Å². The van der Waals surface area contributed by atoms with Crippen LogP contribution >= 0.6 is 0 Å². The molecule has 0 aliphatic carbocycles. The molecule has 2 heteroatoms. The first-order valence-electron chi connectivity index (χ1n) is 18.4. The van der Waals surface area contributed by atoms with Crippen LogP contribution in [0, 0.1) is 0 Å². The summed E-state index contributed by atoms with van der Waals surface area (Å²) in [7, 11) is 0. The molecule has 0 spiro atoms. The minimum absolute atomic E-state index is 1.18. The van der Waals surface area contributed by atoms with E-state index < -0.39 is 0 Å². The van der Waals surface area contributed by atoms with E-state index in [0.717, 1.165) is 0 Å². The summed E-state index contributed by atoms with van der Waals surface area (Å²) in [5, 5.41) is 0. The van der Waals surface area contributed by atoms with Crippen molar-refractivity contribution in [3.05, 3.63) is 18.2 Å². The summed E-state index contributed by atoms with van der Waals surface area (Å²) in [6.45, 7) is 9.33. The van der Waals surface area contributed by atoms with Gasteiger partial charge in [0.1, 0.15) is 12.4 Å². The molecule has 0 aromatic carbocycles. The topological polar surface area (TPSA) is 8.81 Å². The van der Waals surface area contributed by atoms with Gasteiger partial charge in [-0.05, 0) is 25.7 Å². The second-order valence-electron chi connectivity index (χ2n) is 12.7. The molecule has 2 nitrogen and oxygen atoms in total. The van der Waals surface area contributed by atoms with Gasteiger partial charge in [0.25, 0.3) is 5.82 Å². The molecule has 1 rings (SSSR count). The van der Waals surface area contributed by atoms with E-state index in [1.807, 2.05) is 0 Å². The van der Waals surface area contributed by atoms with Gasteiger partial charge in [-0.1, -0.05) is 175 Å². The maximum absolute atomic E-state index is 2.59. The summed E-state index contributed by atoms with van der Waals surface area (Å²) in [5.41, 5.74) is 0. The van der Waals surface area contributed by atoms with Crippen molar-refractivity contribution >= 4 is 0 Å². The second-order valence-corrected chi connectivity index (χ2v) is 12.7. The number of hydrogen-bond donors (Lipinski definition) is 0. The minimum Gasteiger partial charge on any atom is -0.234 e. The van der Waals surface area contributed by atoms with Crippen molar-refractivity contribution in [2.45, 2.75) is 220 Å². The van der Waals surface area contributed by atoms with E-state index in [0.29, 0.717) is 0 Å². The fraction of sp³-hybridized carbons (Fsp3) is 0.919. The maximum atomic E-state index is 2.59. The molecule has 1 heterocycles. The van der Waals surface area contributed by atoms with Crippen LogP contribution in [0.15, 0.2) is 12.4 Å². The Morgan fingerprint density at radius 3 is 1.18 bits per heavy atom. The van der Waals surface area contributed by atoms with Gasteiger partial charge in [0.2, 0.25) is 0 Å². The van der Waals surface area contributed by atoms with Gasteiger partial charge in [0, 0.05) is 6.42 Å². The molecule has 1 aromatic heterocycles. The lowest BCUT2D eigenvalue weighted by atomic mass is 10.0. The highest BCUT2D eigenvalue weighted by atomic mass is 15.1. The summed E-state index contributed by atoms with van der Waals surface area (Å²) in [6.07, 6.45) is 46.1. The minimum atomic E-state index is 1.18. The molecule has 39 heavy (non-hydrogen) atoms. The van der Waals surface area contributed by atoms with Crippen LogP contribution in [0.3, 0.4) is 0 Å². The van der Waals surface area contributed by atoms with Crippen LogP contribution in [0.4, 0.5) is 0 Å². The Kier molecular flexibility index (Phi) is 26.7. The van der Waals surface area contributed by atoms with E-state index in [1.54, 1.807) is 5.82 Å². The zero-order valence-electron chi connectivity index (χ0n) is 27.5. The lowest BCUT2D eigenvalue weighted by molar-refractivity contribution is -0.703. The Morgan fingerprint density at radius 2 is 0.795 bits per heavy atom. The number of aryl methyl sites for hydroxylation is 2. The average Bonchev–Trinajstić information content (AvgIpc) is 3.32. The van der Waals surface area contributed by atoms with Crippen molar-refractivity contribution in [3.63, 3.8) is 0 Å². The highest BCUT2D eigenvalue weighted by Gasteiger charge is 2.15. The lowest BCUT2D eigenvalue weighted by Crippen LogP contribution is -2.37. The molecule has 230 valence electrons. The predicted octanol–water partition coefficient (Wildman–Crippen LogP) is 12.3. The van der Waals surface area contributed by atoms with Gasteiger partial charge >= 0.3 is 0 Å². The molecule has 0 radical (unpaired) electrons. The Balaban J connectivity index is 2.05. The van der Waals surface area contributed by atoms with Crippen molar-refractivity contribution in [2.75, 3.05) is 0 Å². The summed E-state index contributed by atoms with van der Waals surface area (Å²) in [6, 6.07) is 0. The number of unbranched alkanes of at least 4 members (excludes halogenated alkanes) is 25. The fourth-order valence-electron chi connectivity index (χ4n) is 6.21. The quantitative estimate of drug-likeness (QED) is 0.0648. The number of aromatic nitrogens is 2. The van der Waals surface area contributed by atoms with Crippen LogP contribution in [0.5, 0.6) is 0 Å². The highest BCUT2D eigenvalue weighted by Crippen LogP contribution is 2.15. The second kappa shape index (κ2) is 28.7. The summed E-state index contributed by atoms with van der Waals surface area (Å²) in [4.78, 5) is 0. The highest BCUT2D eigenvalue weighted by molar-refractivity contribution is 4.84. The molecule has 0 N–H and O–H groups in total. The monoisotopic (exact) mass is 546 g/mol. The molecule has 1 aromatic rings. The molecule has 0 amide bonds. The first-order valence-corrected chi connectivity index (χ1v) is 18.4. The van der Waals surface area contributed by atoms with E-state index >= 15 is 0 Å². The van der Waals surface area contributed by atoms with Gasteiger partial charge in [0.15, 0.2) is 0 Å². The number of imidazole rings is 1. The zero-order chi connectivity index (χ0) is 28.1. The van der Waals surface area contributed by atoms with Crippen LogP contribution in [0.2, 0.25) is 0 Å². The van der Waals surface area contributed by atoms with Gasteiger partial charge < -0.3 is 0 Å². The van der Waals surface area contributed by atoms with Crippen LogP contribution in [-0.2, 0) is 19.5 Å². The molecular weight excluding hydrogens is 472 g/mol. The maximum Gasteiger partial charge on any atom is 0.256 e. The largest absolute Gasteiger partial charge is 0.256 e. The molecule has 0 saturated carbocycles. The van der Waals surface area contributed by atoms with Crippen molar-refractivity contribution in [1.82, 2.24) is 4.57 Å². The van der Waals surface area contributed by atoms with Crippen molar-refractivity contribution in [3.8, 4) is 0 Å². The standard InChI is InChI=1S/C37H73N2/c1-4-7-9-11-13-15-17-19-20-22-24-26-28-30-32-37-38(33-6-3)35-36-39(37)34-31-29-27-25-23-21-18-16-14-12-10-8-5-2/h35-36H,4-34H2,1-3H3/q+1. The molecule has 0 bridgehead atoms. The van der Waals surface area contributed by atoms with E-state index in [2.05, 4.69) is 42.3 Å². The zero-order valence-corrected chi connectivity index (χ0v) is 27.5. The summed E-state index contributed by atoms with van der Waals surface area (Å²) < 4.78 is 5.14. The Bertz CT molecular complexity index is 605. The molecule has 0 aliphatic rings. The SMILES string of the molecule is CCCCCCCCCCCCCCCCc1n(CCCCCCCCCCCCCCC)cc[n+]1CCC. The van der Waals surface area contributed by atoms with Gasteiger partial charge in [-0.15, -0.1) is 0 Å². The van der Waals surface area contributed by atoms with Gasteiger partial charge in [-0.25, -0.2) is 9.13 Å². The average molecular weight is 546 g/mol. The van der Waals surface area contributed by atoms with Crippen LogP contribution < -0.4 is 4.57 Å². The van der Waals surface area contributed by atoms with E-state index in [1.165, 1.54) is 199 Å². The van der Waals surface area contributed by atoms with Crippen LogP contribution in [0.1, 0.15) is 206 Å². The van der Waals surface area contributed by atoms with Gasteiger partial charge in [-0.2, -0.15) is 0 Å². The summed E-state index contributed by atoms with van der Waals surface area (Å²) >= 11 is 0. The molecule has 0 fully saturated rings. The fourth-order valence-corrected chi connectivity index (χ4v) is 6.21. The van der Waals surface area contributed by atoms with E-state index in [9.17, 15) is 0 Å². The first kappa shape index (κ1) is 36.2. The van der Waals surface area contributed by atoms with Crippen molar-refractivity contribution in [1.29, 1.82) is 0 Å². The van der Waals surface area contributed by atoms with Gasteiger partial charge in [-0.3, -0.25) is 0 Å². The normalized spacial score (nSPS) is 11.6. The lowest BCUT2D eigenvalue weighted by Gasteiger charge is -2.06. The number of nitrogens with zero attached hydrogens (tertiary/aromatic N) is 2. The van der Waals surface area contributed by atoms with Crippen LogP contribution in [-0.4, -0.2) is 4.57 Å². The van der Waals surface area contributed by atoms with Gasteiger partial charge in [0.05, 0.1) is 13.1 Å². The summed E-state index contributed by atoms with van der Waals surface area (Å²) in [5.74, 6) is 1.59. The molecule has 0 atom stereocenters. The Morgan fingerprint density at radius 1 is 0.436 bits per heavy atom. The first-order chi connectivity index (χ1) is 19.3. The third-order valence-electron chi connectivity index (χ3n) is 8.81. The molecule has 0 aliphatic heterocycles. The molecule has 0 unspecified atom stereocenters. The Labute approximate surface area is 247 Å².